The maximum absolute atomic E-state index is 12.8. The fourth-order valence-corrected chi connectivity index (χ4v) is 3.15. The molecule has 0 aliphatic carbocycles. The molecule has 0 radical (unpaired) electrons. The zero-order valence-electron chi connectivity index (χ0n) is 16.1. The first-order valence-electron chi connectivity index (χ1n) is 8.85. The Morgan fingerprint density at radius 3 is 2.38 bits per heavy atom. The number of hydrogen-bond donors (Lipinski definition) is 1. The van der Waals surface area contributed by atoms with Crippen molar-refractivity contribution in [3.05, 3.63) is 69.7 Å². The molecule has 152 valence electrons. The second-order valence-electron chi connectivity index (χ2n) is 6.69. The lowest BCUT2D eigenvalue weighted by Gasteiger charge is -2.18. The molecule has 1 N–H and O–H groups in total. The van der Waals surface area contributed by atoms with E-state index in [4.69, 9.17) is 28.0 Å². The number of aromatic nitrogens is 3. The third kappa shape index (κ3) is 4.70. The van der Waals surface area contributed by atoms with Gasteiger partial charge >= 0.3 is 5.91 Å². The number of phenols is 1. The van der Waals surface area contributed by atoms with Crippen molar-refractivity contribution in [2.75, 3.05) is 7.11 Å². The number of rotatable bonds is 6. The van der Waals surface area contributed by atoms with E-state index < -0.39 is 5.91 Å². The standard InChI is InChI=1S/C20H20Cl2N4O3/c1-12(2)14-6-4-13(5-7-14)10-26(29-3)20(28)19-23-11-25(24-19)15-8-16(21)18(27)17(22)9-15/h4-9,11-12,27H,10H2,1-3H3. The van der Waals surface area contributed by atoms with Crippen LogP contribution >= 0.6 is 23.2 Å². The summed E-state index contributed by atoms with van der Waals surface area (Å²) in [5.41, 5.74) is 2.59. The van der Waals surface area contributed by atoms with E-state index in [1.807, 2.05) is 24.3 Å². The van der Waals surface area contributed by atoms with Gasteiger partial charge in [0.25, 0.3) is 0 Å². The van der Waals surface area contributed by atoms with Gasteiger partial charge in [0.1, 0.15) is 6.33 Å². The number of halogens is 2. The highest BCUT2D eigenvalue weighted by molar-refractivity contribution is 6.37. The van der Waals surface area contributed by atoms with Crippen molar-refractivity contribution >= 4 is 29.1 Å². The van der Waals surface area contributed by atoms with Crippen LogP contribution in [0.15, 0.2) is 42.7 Å². The Hall–Kier alpha value is -2.61. The molecule has 0 spiro atoms. The molecule has 29 heavy (non-hydrogen) atoms. The van der Waals surface area contributed by atoms with Gasteiger partial charge in [0.15, 0.2) is 5.75 Å². The van der Waals surface area contributed by atoms with Crippen LogP contribution in [-0.2, 0) is 11.4 Å². The molecule has 3 rings (SSSR count). The number of phenolic OH excluding ortho intramolecular Hbond substituents is 1. The van der Waals surface area contributed by atoms with E-state index in [0.29, 0.717) is 11.6 Å². The number of carbonyl (C=O) groups is 1. The Balaban J connectivity index is 1.78. The van der Waals surface area contributed by atoms with Gasteiger partial charge in [-0.3, -0.25) is 9.63 Å². The summed E-state index contributed by atoms with van der Waals surface area (Å²) in [6.45, 7) is 4.49. The summed E-state index contributed by atoms with van der Waals surface area (Å²) in [5, 5.41) is 15.2. The molecule has 0 saturated heterocycles. The summed E-state index contributed by atoms with van der Waals surface area (Å²) in [5.74, 6) is -0.331. The van der Waals surface area contributed by atoms with Crippen LogP contribution in [0.2, 0.25) is 10.0 Å². The third-order valence-electron chi connectivity index (χ3n) is 4.37. The first-order valence-corrected chi connectivity index (χ1v) is 9.60. The number of amides is 1. The molecule has 1 aromatic heterocycles. The Bertz CT molecular complexity index is 996. The Morgan fingerprint density at radius 1 is 1.21 bits per heavy atom. The van der Waals surface area contributed by atoms with Crippen LogP contribution in [0.4, 0.5) is 0 Å². The zero-order valence-corrected chi connectivity index (χ0v) is 17.6. The van der Waals surface area contributed by atoms with Crippen LogP contribution in [0.25, 0.3) is 5.69 Å². The van der Waals surface area contributed by atoms with Crippen molar-refractivity contribution in [2.45, 2.75) is 26.3 Å². The van der Waals surface area contributed by atoms with Crippen LogP contribution < -0.4 is 0 Å². The van der Waals surface area contributed by atoms with Gasteiger partial charge in [0.2, 0.25) is 5.82 Å². The minimum absolute atomic E-state index is 0.0500. The molecule has 0 saturated carbocycles. The average molecular weight is 435 g/mol. The van der Waals surface area contributed by atoms with Crippen molar-refractivity contribution in [1.82, 2.24) is 19.8 Å². The minimum atomic E-state index is -0.491. The van der Waals surface area contributed by atoms with Crippen molar-refractivity contribution in [3.63, 3.8) is 0 Å². The van der Waals surface area contributed by atoms with Gasteiger partial charge in [-0.1, -0.05) is 61.3 Å². The van der Waals surface area contributed by atoms with E-state index in [9.17, 15) is 9.90 Å². The monoisotopic (exact) mass is 434 g/mol. The molecule has 9 heteroatoms. The molecule has 0 unspecified atom stereocenters. The molecule has 0 aliphatic heterocycles. The van der Waals surface area contributed by atoms with Gasteiger partial charge in [-0.05, 0) is 29.2 Å². The SMILES string of the molecule is CON(Cc1ccc(C(C)C)cc1)C(=O)c1ncn(-c2cc(Cl)c(O)c(Cl)c2)n1. The number of aromatic hydroxyl groups is 1. The van der Waals surface area contributed by atoms with Gasteiger partial charge in [0, 0.05) is 0 Å². The van der Waals surface area contributed by atoms with Gasteiger partial charge in [-0.25, -0.2) is 14.7 Å². The van der Waals surface area contributed by atoms with E-state index in [1.54, 1.807) is 0 Å². The highest BCUT2D eigenvalue weighted by Gasteiger charge is 2.21. The Labute approximate surface area is 178 Å². The molecule has 7 nitrogen and oxygen atoms in total. The molecule has 1 heterocycles. The smallest absolute Gasteiger partial charge is 0.317 e. The van der Waals surface area contributed by atoms with Crippen molar-refractivity contribution in [3.8, 4) is 11.4 Å². The van der Waals surface area contributed by atoms with Gasteiger partial charge in [0.05, 0.1) is 29.4 Å². The quantitative estimate of drug-likeness (QED) is 0.572. The van der Waals surface area contributed by atoms with Crippen LogP contribution in [0.1, 0.15) is 41.5 Å². The fourth-order valence-electron chi connectivity index (χ4n) is 2.67. The number of nitrogens with zero attached hydrogens (tertiary/aromatic N) is 4. The van der Waals surface area contributed by atoms with E-state index in [1.165, 1.54) is 40.9 Å². The lowest BCUT2D eigenvalue weighted by atomic mass is 10.0. The third-order valence-corrected chi connectivity index (χ3v) is 4.95. The van der Waals surface area contributed by atoms with Gasteiger partial charge < -0.3 is 5.11 Å². The van der Waals surface area contributed by atoms with Crippen LogP contribution in [0.5, 0.6) is 5.75 Å². The molecular weight excluding hydrogens is 415 g/mol. The predicted molar refractivity (Wildman–Crippen MR) is 110 cm³/mol. The maximum Gasteiger partial charge on any atom is 0.317 e. The minimum Gasteiger partial charge on any atom is -0.505 e. The number of carbonyl (C=O) groups excluding carboxylic acids is 1. The van der Waals surface area contributed by atoms with Crippen molar-refractivity contribution in [1.29, 1.82) is 0 Å². The summed E-state index contributed by atoms with van der Waals surface area (Å²) < 4.78 is 1.34. The summed E-state index contributed by atoms with van der Waals surface area (Å²) in [6.07, 6.45) is 1.36. The largest absolute Gasteiger partial charge is 0.505 e. The Morgan fingerprint density at radius 2 is 1.83 bits per heavy atom. The normalized spacial score (nSPS) is 11.1. The van der Waals surface area contributed by atoms with Crippen LogP contribution in [0, 0.1) is 0 Å². The fraction of sp³-hybridized carbons (Fsp3) is 0.250. The van der Waals surface area contributed by atoms with Crippen molar-refractivity contribution in [2.24, 2.45) is 0 Å². The van der Waals surface area contributed by atoms with Gasteiger partial charge in [-0.2, -0.15) is 0 Å². The van der Waals surface area contributed by atoms with E-state index in [2.05, 4.69) is 23.9 Å². The summed E-state index contributed by atoms with van der Waals surface area (Å²) in [6, 6.07) is 10.9. The first-order chi connectivity index (χ1) is 13.8. The number of benzene rings is 2. The number of hydroxylamine groups is 2. The zero-order chi connectivity index (χ0) is 21.1. The molecule has 2 aromatic carbocycles. The van der Waals surface area contributed by atoms with E-state index in [0.717, 1.165) is 5.56 Å². The lowest BCUT2D eigenvalue weighted by molar-refractivity contribution is -0.102. The predicted octanol–water partition coefficient (Wildman–Crippen LogP) is 4.61. The molecule has 3 aromatic rings. The lowest BCUT2D eigenvalue weighted by Crippen LogP contribution is -2.30. The number of hydrogen-bond acceptors (Lipinski definition) is 5. The average Bonchev–Trinajstić information content (AvgIpc) is 3.20. The molecule has 0 atom stereocenters. The van der Waals surface area contributed by atoms with Crippen LogP contribution in [-0.4, -0.2) is 38.0 Å². The van der Waals surface area contributed by atoms with Gasteiger partial charge in [-0.15, -0.1) is 5.10 Å². The van der Waals surface area contributed by atoms with E-state index >= 15 is 0 Å². The first kappa shape index (κ1) is 21.1. The molecule has 0 bridgehead atoms. The summed E-state index contributed by atoms with van der Waals surface area (Å²) in [4.78, 5) is 22.0. The van der Waals surface area contributed by atoms with Crippen LogP contribution in [0.3, 0.4) is 0 Å². The summed E-state index contributed by atoms with van der Waals surface area (Å²) in [7, 11) is 1.41. The molecular formula is C20H20Cl2N4O3. The molecule has 0 fully saturated rings. The second kappa shape index (κ2) is 8.82. The molecule has 1 amide bonds. The topological polar surface area (TPSA) is 80.5 Å². The van der Waals surface area contributed by atoms with Crippen molar-refractivity contribution < 1.29 is 14.7 Å². The molecule has 0 aliphatic rings. The highest BCUT2D eigenvalue weighted by atomic mass is 35.5. The van der Waals surface area contributed by atoms with E-state index in [-0.39, 0.29) is 28.2 Å². The Kier molecular flexibility index (Phi) is 6.42. The second-order valence-corrected chi connectivity index (χ2v) is 7.51. The summed E-state index contributed by atoms with van der Waals surface area (Å²) >= 11 is 11.9. The maximum atomic E-state index is 12.8. The highest BCUT2D eigenvalue weighted by Crippen LogP contribution is 2.33.